The molecular weight excluding hydrogens is 416 g/mol. The van der Waals surface area contributed by atoms with Gasteiger partial charge in [-0.25, -0.2) is 0 Å². The first-order chi connectivity index (χ1) is 15.9. The van der Waals surface area contributed by atoms with Crippen LogP contribution >= 0.6 is 0 Å². The molecule has 6 nitrogen and oxygen atoms in total. The van der Waals surface area contributed by atoms with Gasteiger partial charge < -0.3 is 19.6 Å². The van der Waals surface area contributed by atoms with Gasteiger partial charge >= 0.3 is 0 Å². The van der Waals surface area contributed by atoms with E-state index in [1.807, 2.05) is 44.2 Å². The second-order valence-electron chi connectivity index (χ2n) is 8.47. The van der Waals surface area contributed by atoms with Crippen molar-refractivity contribution in [1.82, 2.24) is 9.80 Å². The van der Waals surface area contributed by atoms with Gasteiger partial charge in [-0.05, 0) is 57.6 Å². The SMILES string of the molecule is CCN(CC)CCCN1C(=O)C(=O)/C(=C(/O)c2ccccc2)[C@H]1c1ccc(OC(C)C)cc1. The van der Waals surface area contributed by atoms with Crippen LogP contribution in [0.4, 0.5) is 0 Å². The molecule has 176 valence electrons. The van der Waals surface area contributed by atoms with E-state index < -0.39 is 17.7 Å². The van der Waals surface area contributed by atoms with Crippen LogP contribution in [0.15, 0.2) is 60.2 Å². The highest BCUT2D eigenvalue weighted by Gasteiger charge is 2.45. The average Bonchev–Trinajstić information content (AvgIpc) is 3.07. The molecule has 0 spiro atoms. The average molecular weight is 451 g/mol. The van der Waals surface area contributed by atoms with Gasteiger partial charge in [-0.15, -0.1) is 0 Å². The number of benzene rings is 2. The third-order valence-electron chi connectivity index (χ3n) is 5.92. The van der Waals surface area contributed by atoms with Crippen LogP contribution in [0.3, 0.4) is 0 Å². The summed E-state index contributed by atoms with van der Waals surface area (Å²) in [4.78, 5) is 30.0. The molecule has 1 atom stereocenters. The van der Waals surface area contributed by atoms with Gasteiger partial charge in [0.2, 0.25) is 0 Å². The summed E-state index contributed by atoms with van der Waals surface area (Å²) in [6, 6.07) is 15.7. The number of amides is 1. The highest BCUT2D eigenvalue weighted by atomic mass is 16.5. The van der Waals surface area contributed by atoms with Crippen LogP contribution in [-0.4, -0.2) is 58.9 Å². The molecule has 0 aromatic heterocycles. The Morgan fingerprint density at radius 2 is 1.67 bits per heavy atom. The molecule has 0 saturated carbocycles. The molecule has 1 fully saturated rings. The van der Waals surface area contributed by atoms with Gasteiger partial charge in [0.1, 0.15) is 11.5 Å². The summed E-state index contributed by atoms with van der Waals surface area (Å²) in [6.45, 7) is 11.3. The maximum Gasteiger partial charge on any atom is 0.295 e. The predicted molar refractivity (Wildman–Crippen MR) is 130 cm³/mol. The highest BCUT2D eigenvalue weighted by molar-refractivity contribution is 6.46. The Balaban J connectivity index is 1.99. The van der Waals surface area contributed by atoms with Gasteiger partial charge in [0.25, 0.3) is 11.7 Å². The van der Waals surface area contributed by atoms with Crippen LogP contribution in [0.2, 0.25) is 0 Å². The molecule has 2 aromatic rings. The summed E-state index contributed by atoms with van der Waals surface area (Å²) in [7, 11) is 0. The molecule has 3 rings (SSSR count). The number of rotatable bonds is 10. The largest absolute Gasteiger partial charge is 0.507 e. The molecule has 1 amide bonds. The number of hydrogen-bond acceptors (Lipinski definition) is 5. The van der Waals surface area contributed by atoms with Crippen LogP contribution < -0.4 is 4.74 Å². The molecule has 1 saturated heterocycles. The van der Waals surface area contributed by atoms with Crippen LogP contribution in [0.5, 0.6) is 5.75 Å². The minimum Gasteiger partial charge on any atom is -0.507 e. The Morgan fingerprint density at radius 3 is 2.24 bits per heavy atom. The van der Waals surface area contributed by atoms with Crippen LogP contribution in [0, 0.1) is 0 Å². The number of hydrogen-bond donors (Lipinski definition) is 1. The van der Waals surface area contributed by atoms with Gasteiger partial charge in [0.05, 0.1) is 17.7 Å². The van der Waals surface area contributed by atoms with E-state index in [-0.39, 0.29) is 17.4 Å². The van der Waals surface area contributed by atoms with Crippen molar-refractivity contribution in [2.45, 2.75) is 46.3 Å². The van der Waals surface area contributed by atoms with Gasteiger partial charge in [0, 0.05) is 12.1 Å². The summed E-state index contributed by atoms with van der Waals surface area (Å²) in [5.41, 5.74) is 1.42. The zero-order valence-corrected chi connectivity index (χ0v) is 20.0. The first kappa shape index (κ1) is 24.5. The van der Waals surface area contributed by atoms with E-state index in [9.17, 15) is 14.7 Å². The molecule has 0 unspecified atom stereocenters. The van der Waals surface area contributed by atoms with E-state index in [0.717, 1.165) is 37.4 Å². The lowest BCUT2D eigenvalue weighted by Crippen LogP contribution is -2.33. The van der Waals surface area contributed by atoms with E-state index in [0.29, 0.717) is 12.1 Å². The lowest BCUT2D eigenvalue weighted by atomic mass is 9.95. The lowest BCUT2D eigenvalue weighted by Gasteiger charge is -2.27. The molecule has 33 heavy (non-hydrogen) atoms. The first-order valence-corrected chi connectivity index (χ1v) is 11.7. The Morgan fingerprint density at radius 1 is 1.03 bits per heavy atom. The predicted octanol–water partition coefficient (Wildman–Crippen LogP) is 4.63. The summed E-state index contributed by atoms with van der Waals surface area (Å²) in [5.74, 6) is -0.644. The Hall–Kier alpha value is -3.12. The van der Waals surface area contributed by atoms with Crippen molar-refractivity contribution in [3.05, 3.63) is 71.3 Å². The lowest BCUT2D eigenvalue weighted by molar-refractivity contribution is -0.140. The van der Waals surface area contributed by atoms with Crippen molar-refractivity contribution in [3.8, 4) is 5.75 Å². The van der Waals surface area contributed by atoms with Crippen LogP contribution in [-0.2, 0) is 9.59 Å². The maximum absolute atomic E-state index is 13.1. The molecule has 0 radical (unpaired) electrons. The molecule has 0 aliphatic carbocycles. The number of ketones is 1. The standard InChI is InChI=1S/C27H34N2O4/c1-5-28(6-2)17-10-18-29-24(20-13-15-22(16-14-20)33-19(3)4)23(26(31)27(29)32)25(30)21-11-8-7-9-12-21/h7-9,11-16,19,24,30H,5-6,10,17-18H2,1-4H3/b25-23+/t24-/m1/s1. The highest BCUT2D eigenvalue weighted by Crippen LogP contribution is 2.39. The zero-order valence-electron chi connectivity index (χ0n) is 20.0. The summed E-state index contributed by atoms with van der Waals surface area (Å²) in [5, 5.41) is 11.1. The number of aliphatic hydroxyl groups excluding tert-OH is 1. The van der Waals surface area contributed by atoms with Crippen molar-refractivity contribution < 1.29 is 19.4 Å². The fourth-order valence-corrected chi connectivity index (χ4v) is 4.21. The Kier molecular flexibility index (Phi) is 8.28. The molecular formula is C27H34N2O4. The number of carbonyl (C=O) groups excluding carboxylic acids is 2. The third kappa shape index (κ3) is 5.63. The second kappa shape index (κ2) is 11.1. The molecule has 1 aliphatic rings. The maximum atomic E-state index is 13.1. The minimum atomic E-state index is -0.647. The number of nitrogens with zero attached hydrogens (tertiary/aromatic N) is 2. The molecule has 6 heteroatoms. The van der Waals surface area contributed by atoms with Crippen LogP contribution in [0.25, 0.3) is 5.76 Å². The topological polar surface area (TPSA) is 70.1 Å². The molecule has 2 aromatic carbocycles. The van der Waals surface area contributed by atoms with Crippen molar-refractivity contribution in [2.75, 3.05) is 26.2 Å². The van der Waals surface area contributed by atoms with Crippen molar-refractivity contribution in [3.63, 3.8) is 0 Å². The number of Topliss-reactive ketones (excluding diaryl/α,β-unsaturated/α-hetero) is 1. The Bertz CT molecular complexity index is 979. The monoisotopic (exact) mass is 450 g/mol. The zero-order chi connectivity index (χ0) is 24.0. The van der Waals surface area contributed by atoms with Crippen molar-refractivity contribution in [2.24, 2.45) is 0 Å². The van der Waals surface area contributed by atoms with E-state index in [1.165, 1.54) is 0 Å². The van der Waals surface area contributed by atoms with Gasteiger partial charge in [-0.2, -0.15) is 0 Å². The van der Waals surface area contributed by atoms with E-state index in [2.05, 4.69) is 18.7 Å². The second-order valence-corrected chi connectivity index (χ2v) is 8.47. The van der Waals surface area contributed by atoms with E-state index in [1.54, 1.807) is 29.2 Å². The van der Waals surface area contributed by atoms with E-state index >= 15 is 0 Å². The number of likely N-dealkylation sites (tertiary alicyclic amines) is 1. The smallest absolute Gasteiger partial charge is 0.295 e. The summed E-state index contributed by atoms with van der Waals surface area (Å²) < 4.78 is 5.75. The summed E-state index contributed by atoms with van der Waals surface area (Å²) in [6.07, 6.45) is 0.783. The quantitative estimate of drug-likeness (QED) is 0.325. The van der Waals surface area contributed by atoms with Crippen molar-refractivity contribution in [1.29, 1.82) is 0 Å². The number of ether oxygens (including phenoxy) is 1. The normalized spacial score (nSPS) is 17.9. The van der Waals surface area contributed by atoms with E-state index in [4.69, 9.17) is 4.74 Å². The Labute approximate surface area is 196 Å². The molecule has 1 N–H and O–H groups in total. The molecule has 1 heterocycles. The van der Waals surface area contributed by atoms with Gasteiger partial charge in [0.15, 0.2) is 0 Å². The third-order valence-corrected chi connectivity index (χ3v) is 5.92. The van der Waals surface area contributed by atoms with Crippen molar-refractivity contribution >= 4 is 17.4 Å². The first-order valence-electron chi connectivity index (χ1n) is 11.7. The summed E-state index contributed by atoms with van der Waals surface area (Å²) >= 11 is 0. The molecule has 1 aliphatic heterocycles. The number of carbonyl (C=O) groups is 2. The fourth-order valence-electron chi connectivity index (χ4n) is 4.21. The number of aliphatic hydroxyl groups is 1. The molecule has 0 bridgehead atoms. The van der Waals surface area contributed by atoms with Crippen LogP contribution in [0.1, 0.15) is 51.3 Å². The van der Waals surface area contributed by atoms with Gasteiger partial charge in [-0.3, -0.25) is 9.59 Å². The van der Waals surface area contributed by atoms with Gasteiger partial charge in [-0.1, -0.05) is 56.3 Å². The fraction of sp³-hybridized carbons (Fsp3) is 0.407. The minimum absolute atomic E-state index is 0.0413.